The van der Waals surface area contributed by atoms with E-state index in [0.29, 0.717) is 18.6 Å². The Morgan fingerprint density at radius 1 is 1.36 bits per heavy atom. The highest BCUT2D eigenvalue weighted by Crippen LogP contribution is 2.60. The lowest BCUT2D eigenvalue weighted by molar-refractivity contribution is -0.205. The van der Waals surface area contributed by atoms with Gasteiger partial charge in [0.2, 0.25) is 0 Å². The minimum absolute atomic E-state index is 0.0534. The monoisotopic (exact) mass is 306 g/mol. The Hall–Kier alpha value is -1.47. The molecule has 1 saturated carbocycles. The average molecular weight is 306 g/mol. The first kappa shape index (κ1) is 14.1. The number of carbonyl (C=O) groups is 1. The first-order valence-corrected chi connectivity index (χ1v) is 7.52. The fourth-order valence-electron chi connectivity index (χ4n) is 3.98. The van der Waals surface area contributed by atoms with Crippen molar-refractivity contribution in [1.82, 2.24) is 0 Å². The number of fused-ring (bicyclic) bond motifs is 3. The van der Waals surface area contributed by atoms with E-state index in [2.05, 4.69) is 0 Å². The van der Waals surface area contributed by atoms with Crippen LogP contribution in [0.3, 0.4) is 0 Å². The number of carbonyl (C=O) groups excluding carboxylic acids is 1. The molecule has 0 spiro atoms. The fourth-order valence-corrected chi connectivity index (χ4v) is 3.98. The van der Waals surface area contributed by atoms with E-state index < -0.39 is 24.0 Å². The van der Waals surface area contributed by atoms with Crippen LogP contribution in [0.25, 0.3) is 0 Å². The molecular weight excluding hydrogens is 288 g/mol. The molecular formula is C16H18O6. The maximum absolute atomic E-state index is 12.3. The number of esters is 1. The molecule has 2 saturated heterocycles. The molecule has 118 valence electrons. The van der Waals surface area contributed by atoms with Crippen molar-refractivity contribution in [2.24, 2.45) is 11.8 Å². The quantitative estimate of drug-likeness (QED) is 0.618. The summed E-state index contributed by atoms with van der Waals surface area (Å²) in [5.41, 5.74) is -0.347. The molecule has 3 fully saturated rings. The van der Waals surface area contributed by atoms with Gasteiger partial charge < -0.3 is 24.4 Å². The van der Waals surface area contributed by atoms with Crippen molar-refractivity contribution >= 4 is 5.97 Å². The van der Waals surface area contributed by atoms with Crippen LogP contribution in [-0.4, -0.2) is 53.5 Å². The highest BCUT2D eigenvalue weighted by molar-refractivity contribution is 5.89. The molecule has 1 aromatic carbocycles. The second kappa shape index (κ2) is 5.03. The van der Waals surface area contributed by atoms with Crippen molar-refractivity contribution < 1.29 is 29.2 Å². The van der Waals surface area contributed by atoms with Gasteiger partial charge in [-0.1, -0.05) is 18.2 Å². The Kier molecular flexibility index (Phi) is 3.23. The smallest absolute Gasteiger partial charge is 0.338 e. The number of epoxide rings is 1. The molecule has 0 bridgehead atoms. The van der Waals surface area contributed by atoms with Gasteiger partial charge in [0, 0.05) is 5.92 Å². The number of hydrogen-bond acceptors (Lipinski definition) is 6. The van der Waals surface area contributed by atoms with Crippen molar-refractivity contribution in [2.75, 3.05) is 13.2 Å². The lowest BCUT2D eigenvalue weighted by Crippen LogP contribution is -2.46. The topological polar surface area (TPSA) is 88.5 Å². The summed E-state index contributed by atoms with van der Waals surface area (Å²) in [6, 6.07) is 8.77. The van der Waals surface area contributed by atoms with Gasteiger partial charge in [-0.05, 0) is 18.6 Å². The molecule has 0 aromatic heterocycles. The van der Waals surface area contributed by atoms with Gasteiger partial charge in [-0.2, -0.15) is 0 Å². The van der Waals surface area contributed by atoms with Gasteiger partial charge in [-0.3, -0.25) is 0 Å². The Morgan fingerprint density at radius 2 is 2.14 bits per heavy atom. The number of benzene rings is 1. The fraction of sp³-hybridized carbons (Fsp3) is 0.562. The van der Waals surface area contributed by atoms with Gasteiger partial charge in [0.05, 0.1) is 24.7 Å². The summed E-state index contributed by atoms with van der Waals surface area (Å²) < 4.78 is 16.5. The van der Waals surface area contributed by atoms with Crippen molar-refractivity contribution in [2.45, 2.75) is 30.5 Å². The first-order valence-electron chi connectivity index (χ1n) is 7.52. The number of hydrogen-bond donors (Lipinski definition) is 2. The third-order valence-electron chi connectivity index (χ3n) is 5.06. The molecule has 1 aromatic rings. The maximum Gasteiger partial charge on any atom is 0.338 e. The van der Waals surface area contributed by atoms with E-state index in [4.69, 9.17) is 14.2 Å². The predicted molar refractivity (Wildman–Crippen MR) is 73.9 cm³/mol. The second-order valence-corrected chi connectivity index (χ2v) is 6.13. The summed E-state index contributed by atoms with van der Waals surface area (Å²) in [6.45, 7) is 0.203. The number of aliphatic hydroxyl groups is 2. The minimum Gasteiger partial charge on any atom is -0.456 e. The summed E-state index contributed by atoms with van der Waals surface area (Å²) in [5, 5.41) is 19.7. The molecule has 2 aliphatic heterocycles. The standard InChI is InChI=1S/C16H18O6/c17-8-16-11-10(6-7-20-15(11)19)12(13(16)22-16)21-14(18)9-4-2-1-3-5-9/h1-5,10-13,15,17,19H,6-8H2/t10-,11-,12+,13+,15-,16-/m1/s1. The van der Waals surface area contributed by atoms with Crippen LogP contribution in [-0.2, 0) is 14.2 Å². The van der Waals surface area contributed by atoms with Gasteiger partial charge in [0.25, 0.3) is 0 Å². The molecule has 3 aliphatic rings. The van der Waals surface area contributed by atoms with Crippen LogP contribution in [0.1, 0.15) is 16.8 Å². The van der Waals surface area contributed by atoms with Gasteiger partial charge in [0.15, 0.2) is 6.29 Å². The highest BCUT2D eigenvalue weighted by Gasteiger charge is 2.76. The number of aliphatic hydroxyl groups excluding tert-OH is 2. The summed E-state index contributed by atoms with van der Waals surface area (Å²) >= 11 is 0. The van der Waals surface area contributed by atoms with Crippen molar-refractivity contribution in [1.29, 1.82) is 0 Å². The SMILES string of the molecule is O=C(O[C@H]1[C@@H]2CCO[C@@H](O)[C@@H]2[C@@]2(CO)O[C@@H]12)c1ccccc1. The van der Waals surface area contributed by atoms with E-state index >= 15 is 0 Å². The van der Waals surface area contributed by atoms with E-state index in [-0.39, 0.29) is 24.5 Å². The zero-order valence-corrected chi connectivity index (χ0v) is 11.9. The van der Waals surface area contributed by atoms with Gasteiger partial charge >= 0.3 is 5.97 Å². The van der Waals surface area contributed by atoms with Gasteiger partial charge in [-0.15, -0.1) is 0 Å². The molecule has 6 heteroatoms. The summed E-state index contributed by atoms with van der Waals surface area (Å²) in [4.78, 5) is 12.3. The van der Waals surface area contributed by atoms with Crippen LogP contribution in [0.2, 0.25) is 0 Å². The third kappa shape index (κ3) is 1.91. The molecule has 2 N–H and O–H groups in total. The van der Waals surface area contributed by atoms with Crippen LogP contribution in [0, 0.1) is 11.8 Å². The zero-order chi connectivity index (χ0) is 15.3. The van der Waals surface area contributed by atoms with Crippen molar-refractivity contribution in [3.63, 3.8) is 0 Å². The van der Waals surface area contributed by atoms with E-state index in [0.717, 1.165) is 0 Å². The molecule has 0 radical (unpaired) electrons. The minimum atomic E-state index is -0.990. The Labute approximate surface area is 127 Å². The molecule has 2 heterocycles. The molecule has 1 aliphatic carbocycles. The Bertz CT molecular complexity index is 575. The second-order valence-electron chi connectivity index (χ2n) is 6.13. The van der Waals surface area contributed by atoms with Crippen LogP contribution in [0.15, 0.2) is 30.3 Å². The summed E-state index contributed by atoms with van der Waals surface area (Å²) in [7, 11) is 0. The molecule has 6 atom stereocenters. The van der Waals surface area contributed by atoms with Gasteiger partial charge in [-0.25, -0.2) is 4.79 Å². The van der Waals surface area contributed by atoms with Crippen molar-refractivity contribution in [3.05, 3.63) is 35.9 Å². The van der Waals surface area contributed by atoms with Crippen LogP contribution < -0.4 is 0 Å². The molecule has 4 rings (SSSR count). The highest BCUT2D eigenvalue weighted by atomic mass is 16.7. The third-order valence-corrected chi connectivity index (χ3v) is 5.06. The molecule has 6 nitrogen and oxygen atoms in total. The Morgan fingerprint density at radius 3 is 2.86 bits per heavy atom. The van der Waals surface area contributed by atoms with E-state index in [9.17, 15) is 15.0 Å². The predicted octanol–water partition coefficient (Wildman–Crippen LogP) is 0.327. The molecule has 22 heavy (non-hydrogen) atoms. The summed E-state index contributed by atoms with van der Waals surface area (Å²) in [5.74, 6) is -0.818. The Balaban J connectivity index is 1.56. The van der Waals surface area contributed by atoms with Crippen LogP contribution in [0.4, 0.5) is 0 Å². The lowest BCUT2D eigenvalue weighted by atomic mass is 9.83. The first-order chi connectivity index (χ1) is 10.7. The van der Waals surface area contributed by atoms with Gasteiger partial charge in [0.1, 0.15) is 17.8 Å². The summed E-state index contributed by atoms with van der Waals surface area (Å²) in [6.07, 6.45) is -1.13. The normalized spacial score (nSPS) is 42.4. The van der Waals surface area contributed by atoms with E-state index in [1.54, 1.807) is 24.3 Å². The zero-order valence-electron chi connectivity index (χ0n) is 11.9. The van der Waals surface area contributed by atoms with Crippen LogP contribution >= 0.6 is 0 Å². The van der Waals surface area contributed by atoms with Crippen molar-refractivity contribution in [3.8, 4) is 0 Å². The average Bonchev–Trinajstić information content (AvgIpc) is 3.22. The number of ether oxygens (including phenoxy) is 3. The van der Waals surface area contributed by atoms with E-state index in [1.807, 2.05) is 6.07 Å². The molecule has 0 unspecified atom stereocenters. The molecule has 0 amide bonds. The largest absolute Gasteiger partial charge is 0.456 e. The number of rotatable bonds is 3. The van der Waals surface area contributed by atoms with E-state index in [1.165, 1.54) is 0 Å². The maximum atomic E-state index is 12.3. The van der Waals surface area contributed by atoms with Crippen LogP contribution in [0.5, 0.6) is 0 Å². The lowest BCUT2D eigenvalue weighted by Gasteiger charge is -2.36.